The summed E-state index contributed by atoms with van der Waals surface area (Å²) in [6.45, 7) is 16.1. The maximum atomic E-state index is 13.1. The minimum Gasteiger partial charge on any atom is -0.399 e. The first-order valence-electron chi connectivity index (χ1n) is 10.6. The van der Waals surface area contributed by atoms with Gasteiger partial charge >= 0.3 is 7.12 Å². The van der Waals surface area contributed by atoms with Crippen molar-refractivity contribution in [1.29, 1.82) is 0 Å². The molecule has 0 bridgehead atoms. The smallest absolute Gasteiger partial charge is 0.399 e. The molecule has 8 heteroatoms. The Morgan fingerprint density at radius 1 is 1.17 bits per heavy atom. The second kappa shape index (κ2) is 6.64. The molecular weight excluding hydrogens is 383 g/mol. The molecule has 3 aliphatic rings. The number of ether oxygens (including phenoxy) is 1. The molecule has 1 aromatic rings. The Balaban J connectivity index is 1.54. The molecular formula is C21H33BN2O4Si. The molecule has 29 heavy (non-hydrogen) atoms. The van der Waals surface area contributed by atoms with Crippen LogP contribution in [-0.2, 0) is 24.3 Å². The van der Waals surface area contributed by atoms with E-state index in [0.29, 0.717) is 6.61 Å². The first-order valence-corrected chi connectivity index (χ1v) is 14.3. The summed E-state index contributed by atoms with van der Waals surface area (Å²) in [5, 5.41) is 0. The molecule has 0 atom stereocenters. The molecule has 0 radical (unpaired) electrons. The number of carbonyl (C=O) groups excluding carboxylic acids is 1. The lowest BCUT2D eigenvalue weighted by Gasteiger charge is -2.32. The summed E-state index contributed by atoms with van der Waals surface area (Å²) in [5.74, 6) is 0.861. The van der Waals surface area contributed by atoms with Crippen molar-refractivity contribution in [2.24, 2.45) is 0 Å². The Morgan fingerprint density at radius 3 is 2.34 bits per heavy atom. The summed E-state index contributed by atoms with van der Waals surface area (Å²) in [7, 11) is -1.62. The third-order valence-electron chi connectivity index (χ3n) is 6.81. The molecule has 0 unspecified atom stereocenters. The van der Waals surface area contributed by atoms with Crippen molar-refractivity contribution in [2.45, 2.75) is 82.8 Å². The topological polar surface area (TPSA) is 60.9 Å². The van der Waals surface area contributed by atoms with E-state index in [4.69, 9.17) is 14.0 Å². The van der Waals surface area contributed by atoms with E-state index < -0.39 is 31.8 Å². The van der Waals surface area contributed by atoms with Crippen molar-refractivity contribution < 1.29 is 18.8 Å². The lowest BCUT2D eigenvalue weighted by atomic mass is 9.78. The molecule has 158 valence electrons. The molecule has 2 aliphatic heterocycles. The lowest BCUT2D eigenvalue weighted by Crippen LogP contribution is -2.41. The summed E-state index contributed by atoms with van der Waals surface area (Å²) in [4.78, 5) is 19.5. The highest BCUT2D eigenvalue weighted by Gasteiger charge is 2.60. The van der Waals surface area contributed by atoms with Crippen LogP contribution < -0.4 is 10.4 Å². The van der Waals surface area contributed by atoms with Gasteiger partial charge < -0.3 is 14.0 Å². The van der Waals surface area contributed by atoms with Crippen LogP contribution in [0.1, 0.15) is 46.1 Å². The van der Waals surface area contributed by atoms with Crippen LogP contribution in [-0.4, -0.2) is 50.6 Å². The number of fused-ring (bicyclic) bond motifs is 2. The van der Waals surface area contributed by atoms with E-state index >= 15 is 0 Å². The summed E-state index contributed by atoms with van der Waals surface area (Å²) < 4.78 is 18.2. The van der Waals surface area contributed by atoms with Crippen LogP contribution in [0.3, 0.4) is 0 Å². The number of anilines is 1. The van der Waals surface area contributed by atoms with Crippen molar-refractivity contribution in [3.05, 3.63) is 17.8 Å². The highest BCUT2D eigenvalue weighted by atomic mass is 28.3. The molecule has 1 aliphatic carbocycles. The van der Waals surface area contributed by atoms with Crippen LogP contribution in [0.2, 0.25) is 25.7 Å². The first-order chi connectivity index (χ1) is 13.4. The van der Waals surface area contributed by atoms with Gasteiger partial charge in [0.05, 0.1) is 16.6 Å². The Bertz CT molecular complexity index is 816. The molecule has 3 heterocycles. The zero-order valence-corrected chi connectivity index (χ0v) is 19.8. The molecule has 1 amide bonds. The monoisotopic (exact) mass is 416 g/mol. The first kappa shape index (κ1) is 21.0. The van der Waals surface area contributed by atoms with Gasteiger partial charge in [-0.05, 0) is 46.6 Å². The molecule has 0 N–H and O–H groups in total. The van der Waals surface area contributed by atoms with E-state index in [1.807, 2.05) is 27.7 Å². The third kappa shape index (κ3) is 3.58. The van der Waals surface area contributed by atoms with Crippen LogP contribution in [0.25, 0.3) is 0 Å². The Hall–Kier alpha value is -1.22. The predicted octanol–water partition coefficient (Wildman–Crippen LogP) is 3.07. The average molecular weight is 416 g/mol. The van der Waals surface area contributed by atoms with Crippen LogP contribution in [0.5, 0.6) is 0 Å². The summed E-state index contributed by atoms with van der Waals surface area (Å²) in [5.41, 5.74) is 0.663. The summed E-state index contributed by atoms with van der Waals surface area (Å²) in [6, 6.07) is 3.15. The summed E-state index contributed by atoms with van der Waals surface area (Å²) in [6.07, 6.45) is 3.53. The Morgan fingerprint density at radius 2 is 1.79 bits per heavy atom. The highest BCUT2D eigenvalue weighted by Crippen LogP contribution is 2.56. The largest absolute Gasteiger partial charge is 0.496 e. The minimum absolute atomic E-state index is 0.124. The van der Waals surface area contributed by atoms with Crippen molar-refractivity contribution >= 4 is 32.4 Å². The molecule has 1 spiro atoms. The molecule has 4 rings (SSSR count). The Labute approximate surface area is 175 Å². The fourth-order valence-corrected chi connectivity index (χ4v) is 4.64. The van der Waals surface area contributed by atoms with Gasteiger partial charge in [0, 0.05) is 31.9 Å². The van der Waals surface area contributed by atoms with Gasteiger partial charge in [-0.25, -0.2) is 4.98 Å². The van der Waals surface area contributed by atoms with E-state index in [0.717, 1.165) is 35.7 Å². The highest BCUT2D eigenvalue weighted by molar-refractivity contribution is 6.76. The maximum Gasteiger partial charge on any atom is 0.496 e. The second-order valence-electron chi connectivity index (χ2n) is 10.9. The van der Waals surface area contributed by atoms with Gasteiger partial charge in [-0.2, -0.15) is 0 Å². The van der Waals surface area contributed by atoms with E-state index in [9.17, 15) is 4.79 Å². The zero-order valence-electron chi connectivity index (χ0n) is 18.8. The van der Waals surface area contributed by atoms with Crippen LogP contribution in [0.4, 0.5) is 5.82 Å². The molecule has 1 aromatic heterocycles. The molecule has 0 aromatic carbocycles. The molecule has 1 saturated heterocycles. The predicted molar refractivity (Wildman–Crippen MR) is 117 cm³/mol. The van der Waals surface area contributed by atoms with Crippen molar-refractivity contribution in [3.63, 3.8) is 0 Å². The quantitative estimate of drug-likeness (QED) is 0.527. The summed E-state index contributed by atoms with van der Waals surface area (Å²) >= 11 is 0. The molecule has 1 saturated carbocycles. The third-order valence-corrected chi connectivity index (χ3v) is 8.51. The second-order valence-corrected chi connectivity index (χ2v) is 16.5. The number of carbonyl (C=O) groups is 1. The van der Waals surface area contributed by atoms with Crippen molar-refractivity contribution in [2.75, 3.05) is 18.2 Å². The number of pyridine rings is 1. The standard InChI is InChI=1S/C21H33BN2O4Si/c1-19(2)20(3,4)28-22(27-19)15-12-16-17(23-13-15)24(18(25)21(16)8-9-21)14-26-10-11-29(5,6)7/h12-13H,8-11,14H2,1-7H3. The molecule has 2 fully saturated rings. The van der Waals surface area contributed by atoms with Crippen molar-refractivity contribution in [1.82, 2.24) is 4.98 Å². The average Bonchev–Trinajstić information content (AvgIpc) is 3.32. The maximum absolute atomic E-state index is 13.1. The van der Waals surface area contributed by atoms with Gasteiger partial charge in [0.15, 0.2) is 0 Å². The van der Waals surface area contributed by atoms with Crippen LogP contribution in [0, 0.1) is 0 Å². The zero-order chi connectivity index (χ0) is 21.2. The van der Waals surface area contributed by atoms with E-state index in [1.165, 1.54) is 0 Å². The lowest BCUT2D eigenvalue weighted by molar-refractivity contribution is -0.121. The number of rotatable bonds is 6. The minimum atomic E-state index is -1.16. The van der Waals surface area contributed by atoms with Crippen LogP contribution >= 0.6 is 0 Å². The number of amides is 1. The van der Waals surface area contributed by atoms with Gasteiger partial charge in [0.25, 0.3) is 0 Å². The van der Waals surface area contributed by atoms with Gasteiger partial charge in [-0.15, -0.1) is 0 Å². The van der Waals surface area contributed by atoms with Crippen LogP contribution in [0.15, 0.2) is 12.3 Å². The van der Waals surface area contributed by atoms with E-state index in [2.05, 4.69) is 30.7 Å². The number of nitrogens with zero attached hydrogens (tertiary/aromatic N) is 2. The van der Waals surface area contributed by atoms with Gasteiger partial charge in [0.2, 0.25) is 5.91 Å². The molecule has 6 nitrogen and oxygen atoms in total. The van der Waals surface area contributed by atoms with Gasteiger partial charge in [0.1, 0.15) is 12.5 Å². The normalized spacial score (nSPS) is 23.8. The number of hydrogen-bond donors (Lipinski definition) is 0. The van der Waals surface area contributed by atoms with Crippen molar-refractivity contribution in [3.8, 4) is 0 Å². The fourth-order valence-electron chi connectivity index (χ4n) is 3.88. The Kier molecular flexibility index (Phi) is 4.81. The fraction of sp³-hybridized carbons (Fsp3) is 0.714. The van der Waals surface area contributed by atoms with Gasteiger partial charge in [-0.3, -0.25) is 9.69 Å². The number of aromatic nitrogens is 1. The van der Waals surface area contributed by atoms with E-state index in [-0.39, 0.29) is 12.6 Å². The van der Waals surface area contributed by atoms with E-state index in [1.54, 1.807) is 11.1 Å². The SMILES string of the molecule is CC1(C)OB(c2cnc3c(c2)C2(CC2)C(=O)N3COCC[Si](C)(C)C)OC1(C)C. The number of hydrogen-bond acceptors (Lipinski definition) is 5. The van der Waals surface area contributed by atoms with Gasteiger partial charge in [-0.1, -0.05) is 25.7 Å².